The van der Waals surface area contributed by atoms with Gasteiger partial charge in [0.2, 0.25) is 0 Å². The van der Waals surface area contributed by atoms with E-state index >= 15 is 0 Å². The van der Waals surface area contributed by atoms with Crippen LogP contribution in [0.5, 0.6) is 5.75 Å². The Labute approximate surface area is 128 Å². The van der Waals surface area contributed by atoms with Crippen molar-refractivity contribution in [1.82, 2.24) is 14.8 Å². The van der Waals surface area contributed by atoms with E-state index in [1.54, 1.807) is 17.8 Å². The van der Waals surface area contributed by atoms with Crippen LogP contribution in [0.1, 0.15) is 29.5 Å². The molecule has 5 nitrogen and oxygen atoms in total. The Hall–Kier alpha value is -1.82. The lowest BCUT2D eigenvalue weighted by Gasteiger charge is -2.08. The van der Waals surface area contributed by atoms with Crippen LogP contribution in [0.3, 0.4) is 0 Å². The summed E-state index contributed by atoms with van der Waals surface area (Å²) in [6.07, 6.45) is 1.70. The molecule has 0 spiro atoms. The molecular formula is C15H19N3O2S. The van der Waals surface area contributed by atoms with Crippen molar-refractivity contribution in [3.05, 3.63) is 35.7 Å². The van der Waals surface area contributed by atoms with Crippen molar-refractivity contribution in [2.75, 3.05) is 12.4 Å². The largest absolute Gasteiger partial charge is 0.493 e. The van der Waals surface area contributed by atoms with Gasteiger partial charge in [0.25, 0.3) is 0 Å². The molecule has 0 radical (unpaired) electrons. The second-order valence-corrected chi connectivity index (χ2v) is 5.54. The Bertz CT molecular complexity index is 598. The number of para-hydroxylation sites is 1. The third-order valence-corrected chi connectivity index (χ3v) is 4.09. The van der Waals surface area contributed by atoms with Crippen LogP contribution in [0.2, 0.25) is 0 Å². The predicted molar refractivity (Wildman–Crippen MR) is 83.1 cm³/mol. The maximum absolute atomic E-state index is 10.9. The minimum Gasteiger partial charge on any atom is -0.493 e. The van der Waals surface area contributed by atoms with Crippen molar-refractivity contribution >= 4 is 18.0 Å². The van der Waals surface area contributed by atoms with Gasteiger partial charge in [-0.15, -0.1) is 10.2 Å². The summed E-state index contributed by atoms with van der Waals surface area (Å²) in [5, 5.41) is 9.18. The summed E-state index contributed by atoms with van der Waals surface area (Å²) in [5.74, 6) is 2.49. The molecule has 0 N–H and O–H groups in total. The fraction of sp³-hybridized carbons (Fsp3) is 0.400. The van der Waals surface area contributed by atoms with Crippen molar-refractivity contribution in [2.24, 2.45) is 0 Å². The van der Waals surface area contributed by atoms with E-state index in [4.69, 9.17) is 4.74 Å². The number of hydrogen-bond acceptors (Lipinski definition) is 5. The monoisotopic (exact) mass is 305 g/mol. The van der Waals surface area contributed by atoms with Crippen LogP contribution in [-0.4, -0.2) is 33.4 Å². The van der Waals surface area contributed by atoms with Crippen LogP contribution in [-0.2, 0) is 6.54 Å². The maximum Gasteiger partial charge on any atom is 0.191 e. The van der Waals surface area contributed by atoms with Gasteiger partial charge in [-0.3, -0.25) is 4.79 Å². The molecule has 0 saturated heterocycles. The van der Waals surface area contributed by atoms with E-state index in [-0.39, 0.29) is 0 Å². The number of benzene rings is 1. The maximum atomic E-state index is 10.9. The summed E-state index contributed by atoms with van der Waals surface area (Å²) in [5.41, 5.74) is 0.589. The first-order valence-electron chi connectivity index (χ1n) is 6.96. The molecule has 6 heteroatoms. The SMILES string of the molecule is CCn1c(C)nnc1SCCCOc1ccccc1C=O. The van der Waals surface area contributed by atoms with E-state index in [2.05, 4.69) is 21.7 Å². The molecule has 0 saturated carbocycles. The zero-order valence-electron chi connectivity index (χ0n) is 12.3. The van der Waals surface area contributed by atoms with E-state index in [9.17, 15) is 4.79 Å². The van der Waals surface area contributed by atoms with E-state index in [0.29, 0.717) is 17.9 Å². The van der Waals surface area contributed by atoms with Crippen LogP contribution >= 0.6 is 11.8 Å². The van der Waals surface area contributed by atoms with Crippen LogP contribution in [0, 0.1) is 6.92 Å². The molecule has 1 aromatic heterocycles. The molecule has 0 bridgehead atoms. The standard InChI is InChI=1S/C15H19N3O2S/c1-3-18-12(2)16-17-15(18)21-10-6-9-20-14-8-5-4-7-13(14)11-19/h4-5,7-8,11H,3,6,9-10H2,1-2H3. The van der Waals surface area contributed by atoms with Gasteiger partial charge < -0.3 is 9.30 Å². The first-order chi connectivity index (χ1) is 10.3. The van der Waals surface area contributed by atoms with E-state index < -0.39 is 0 Å². The first-order valence-corrected chi connectivity index (χ1v) is 7.94. The van der Waals surface area contributed by atoms with Crippen molar-refractivity contribution in [3.63, 3.8) is 0 Å². The summed E-state index contributed by atoms with van der Waals surface area (Å²) in [4.78, 5) is 10.9. The number of ether oxygens (including phenoxy) is 1. The molecule has 0 atom stereocenters. The van der Waals surface area contributed by atoms with Gasteiger partial charge in [-0.1, -0.05) is 23.9 Å². The Balaban J connectivity index is 1.76. The summed E-state index contributed by atoms with van der Waals surface area (Å²) in [6, 6.07) is 7.26. The van der Waals surface area contributed by atoms with Crippen LogP contribution in [0.25, 0.3) is 0 Å². The summed E-state index contributed by atoms with van der Waals surface area (Å²) < 4.78 is 7.73. The Morgan fingerprint density at radius 1 is 1.33 bits per heavy atom. The quantitative estimate of drug-likeness (QED) is 0.426. The van der Waals surface area contributed by atoms with Crippen LogP contribution in [0.4, 0.5) is 0 Å². The number of carbonyl (C=O) groups is 1. The summed E-state index contributed by atoms with van der Waals surface area (Å²) in [6.45, 7) is 5.50. The number of carbonyl (C=O) groups excluding carboxylic acids is 1. The smallest absolute Gasteiger partial charge is 0.191 e. The fourth-order valence-electron chi connectivity index (χ4n) is 1.95. The topological polar surface area (TPSA) is 57.0 Å². The van der Waals surface area contributed by atoms with Gasteiger partial charge in [-0.05, 0) is 32.4 Å². The number of thioether (sulfide) groups is 1. The van der Waals surface area contributed by atoms with Gasteiger partial charge in [0.05, 0.1) is 12.2 Å². The van der Waals surface area contributed by atoms with E-state index in [1.165, 1.54) is 0 Å². The Morgan fingerprint density at radius 3 is 2.90 bits per heavy atom. The number of aryl methyl sites for hydroxylation is 1. The zero-order valence-corrected chi connectivity index (χ0v) is 13.1. The third-order valence-electron chi connectivity index (χ3n) is 3.04. The van der Waals surface area contributed by atoms with Crippen LogP contribution in [0.15, 0.2) is 29.4 Å². The van der Waals surface area contributed by atoms with Gasteiger partial charge in [0.1, 0.15) is 11.6 Å². The number of aromatic nitrogens is 3. The van der Waals surface area contributed by atoms with Crippen molar-refractivity contribution in [1.29, 1.82) is 0 Å². The van der Waals surface area contributed by atoms with E-state index in [1.807, 2.05) is 25.1 Å². The number of nitrogens with zero attached hydrogens (tertiary/aromatic N) is 3. The molecule has 112 valence electrons. The van der Waals surface area contributed by atoms with Gasteiger partial charge in [-0.2, -0.15) is 0 Å². The van der Waals surface area contributed by atoms with Gasteiger partial charge in [0.15, 0.2) is 11.4 Å². The molecule has 21 heavy (non-hydrogen) atoms. The molecule has 0 aliphatic heterocycles. The van der Waals surface area contributed by atoms with Crippen molar-refractivity contribution in [3.8, 4) is 5.75 Å². The highest BCUT2D eigenvalue weighted by Crippen LogP contribution is 2.19. The lowest BCUT2D eigenvalue weighted by Crippen LogP contribution is -2.02. The van der Waals surface area contributed by atoms with Gasteiger partial charge in [0, 0.05) is 12.3 Å². The minimum absolute atomic E-state index is 0.580. The lowest BCUT2D eigenvalue weighted by atomic mass is 10.2. The van der Waals surface area contributed by atoms with Gasteiger partial charge >= 0.3 is 0 Å². The van der Waals surface area contributed by atoms with Crippen molar-refractivity contribution < 1.29 is 9.53 Å². The molecule has 1 heterocycles. The summed E-state index contributed by atoms with van der Waals surface area (Å²) >= 11 is 1.68. The highest BCUT2D eigenvalue weighted by Gasteiger charge is 2.07. The molecule has 0 aliphatic carbocycles. The van der Waals surface area contributed by atoms with Crippen LogP contribution < -0.4 is 4.74 Å². The Kier molecular flexibility index (Phi) is 5.80. The summed E-state index contributed by atoms with van der Waals surface area (Å²) in [7, 11) is 0. The van der Waals surface area contributed by atoms with Gasteiger partial charge in [-0.25, -0.2) is 0 Å². The molecule has 0 unspecified atom stereocenters. The second-order valence-electron chi connectivity index (χ2n) is 4.48. The average molecular weight is 305 g/mol. The normalized spacial score (nSPS) is 10.6. The molecule has 2 rings (SSSR count). The molecule has 2 aromatic rings. The highest BCUT2D eigenvalue weighted by atomic mass is 32.2. The second kappa shape index (κ2) is 7.83. The van der Waals surface area contributed by atoms with Crippen molar-refractivity contribution in [2.45, 2.75) is 32.0 Å². The number of aldehydes is 1. The fourth-order valence-corrected chi connectivity index (χ4v) is 2.91. The predicted octanol–water partition coefficient (Wildman–Crippen LogP) is 2.98. The van der Waals surface area contributed by atoms with E-state index in [0.717, 1.165) is 36.0 Å². The zero-order chi connectivity index (χ0) is 15.1. The first kappa shape index (κ1) is 15.6. The minimum atomic E-state index is 0.580. The molecule has 0 amide bonds. The lowest BCUT2D eigenvalue weighted by molar-refractivity contribution is 0.111. The average Bonchev–Trinajstić information content (AvgIpc) is 2.87. The molecule has 0 fully saturated rings. The highest BCUT2D eigenvalue weighted by molar-refractivity contribution is 7.99. The Morgan fingerprint density at radius 2 is 2.14 bits per heavy atom. The molecule has 1 aromatic carbocycles. The molecule has 0 aliphatic rings. The third kappa shape index (κ3) is 4.07. The molecular weight excluding hydrogens is 286 g/mol. The number of rotatable bonds is 8. The number of hydrogen-bond donors (Lipinski definition) is 0.